The number of pyridine rings is 1. The van der Waals surface area contributed by atoms with Gasteiger partial charge in [0, 0.05) is 6.54 Å². The minimum absolute atomic E-state index is 0.00900. The molecule has 1 N–H and O–H groups in total. The first-order valence-electron chi connectivity index (χ1n) is 5.33. The number of aliphatic carboxylic acids is 1. The Hall–Kier alpha value is -1.47. The third kappa shape index (κ3) is 2.68. The largest absolute Gasteiger partial charge is 0.480 e. The molecule has 1 fully saturated rings. The van der Waals surface area contributed by atoms with Gasteiger partial charge in [-0.3, -0.25) is 4.79 Å². The number of amides is 1. The molecule has 18 heavy (non-hydrogen) atoms. The zero-order valence-corrected chi connectivity index (χ0v) is 11.0. The Morgan fingerprint density at radius 1 is 1.50 bits per heavy atom. The molecule has 0 aromatic carbocycles. The van der Waals surface area contributed by atoms with Gasteiger partial charge in [0.25, 0.3) is 5.91 Å². The zero-order chi connectivity index (χ0) is 13.1. The summed E-state index contributed by atoms with van der Waals surface area (Å²) in [6.45, 7) is 0.600. The van der Waals surface area contributed by atoms with E-state index >= 15 is 0 Å². The molecular weight excluding hydrogens is 304 g/mol. The molecule has 2 heterocycles. The van der Waals surface area contributed by atoms with Crippen molar-refractivity contribution in [3.8, 4) is 0 Å². The van der Waals surface area contributed by atoms with Crippen LogP contribution in [0.1, 0.15) is 10.5 Å². The minimum atomic E-state index is -1.07. The number of hydrogen-bond donors (Lipinski definition) is 1. The number of halogens is 1. The van der Waals surface area contributed by atoms with Crippen LogP contribution in [-0.4, -0.2) is 52.7 Å². The summed E-state index contributed by atoms with van der Waals surface area (Å²) in [6.07, 6.45) is 0. The molecule has 0 aliphatic carbocycles. The first kappa shape index (κ1) is 13.0. The van der Waals surface area contributed by atoms with Crippen LogP contribution in [0.4, 0.5) is 0 Å². The number of aromatic nitrogens is 1. The van der Waals surface area contributed by atoms with Gasteiger partial charge in [0.2, 0.25) is 0 Å². The molecule has 96 valence electrons. The number of carbonyl (C=O) groups excluding carboxylic acids is 1. The number of nitrogens with zero attached hydrogens (tertiary/aromatic N) is 2. The molecule has 1 aliphatic heterocycles. The third-order valence-corrected chi connectivity index (χ3v) is 3.05. The van der Waals surface area contributed by atoms with Crippen molar-refractivity contribution in [2.24, 2.45) is 0 Å². The molecule has 7 heteroatoms. The number of hydrogen-bond acceptors (Lipinski definition) is 4. The maximum Gasteiger partial charge on any atom is 0.328 e. The van der Waals surface area contributed by atoms with E-state index in [1.807, 2.05) is 0 Å². The highest BCUT2D eigenvalue weighted by molar-refractivity contribution is 9.10. The molecule has 1 aromatic heterocycles. The average Bonchev–Trinajstić information content (AvgIpc) is 2.38. The highest BCUT2D eigenvalue weighted by Crippen LogP contribution is 2.13. The molecule has 2 rings (SSSR count). The summed E-state index contributed by atoms with van der Waals surface area (Å²) in [5.74, 6) is -1.47. The van der Waals surface area contributed by atoms with Crippen LogP contribution in [0.25, 0.3) is 0 Å². The van der Waals surface area contributed by atoms with E-state index in [4.69, 9.17) is 9.84 Å². The van der Waals surface area contributed by atoms with Gasteiger partial charge >= 0.3 is 5.97 Å². The molecule has 0 spiro atoms. The maximum absolute atomic E-state index is 12.2. The van der Waals surface area contributed by atoms with Crippen LogP contribution in [0.5, 0.6) is 0 Å². The van der Waals surface area contributed by atoms with Gasteiger partial charge in [-0.15, -0.1) is 0 Å². The summed E-state index contributed by atoms with van der Waals surface area (Å²) in [7, 11) is 0. The van der Waals surface area contributed by atoms with Gasteiger partial charge in [-0.1, -0.05) is 6.07 Å². The van der Waals surface area contributed by atoms with Gasteiger partial charge in [-0.2, -0.15) is 0 Å². The zero-order valence-electron chi connectivity index (χ0n) is 9.38. The summed E-state index contributed by atoms with van der Waals surface area (Å²) in [5.41, 5.74) is 0.220. The fraction of sp³-hybridized carbons (Fsp3) is 0.364. The Balaban J connectivity index is 2.23. The Morgan fingerprint density at radius 2 is 2.28 bits per heavy atom. The molecule has 1 aliphatic rings. The normalized spacial score (nSPS) is 19.6. The summed E-state index contributed by atoms with van der Waals surface area (Å²) >= 11 is 3.18. The quantitative estimate of drug-likeness (QED) is 0.816. The van der Waals surface area contributed by atoms with Crippen LogP contribution in [0.3, 0.4) is 0 Å². The Kier molecular flexibility index (Phi) is 3.93. The van der Waals surface area contributed by atoms with E-state index in [2.05, 4.69) is 20.9 Å². The van der Waals surface area contributed by atoms with Crippen molar-refractivity contribution in [2.45, 2.75) is 6.04 Å². The van der Waals surface area contributed by atoms with Crippen molar-refractivity contribution in [1.29, 1.82) is 0 Å². The molecule has 0 bridgehead atoms. The molecule has 1 aromatic rings. The second-order valence-corrected chi connectivity index (χ2v) is 4.59. The van der Waals surface area contributed by atoms with E-state index in [1.54, 1.807) is 18.2 Å². The van der Waals surface area contributed by atoms with Crippen molar-refractivity contribution in [3.05, 3.63) is 28.5 Å². The molecular formula is C11H11BrN2O4. The third-order valence-electron chi connectivity index (χ3n) is 2.61. The lowest BCUT2D eigenvalue weighted by molar-refractivity contribution is -0.147. The number of carbonyl (C=O) groups is 2. The van der Waals surface area contributed by atoms with Gasteiger partial charge < -0.3 is 14.7 Å². The number of carboxylic acids is 1. The van der Waals surface area contributed by atoms with Crippen molar-refractivity contribution in [2.75, 3.05) is 19.8 Å². The highest BCUT2D eigenvalue weighted by Gasteiger charge is 2.33. The van der Waals surface area contributed by atoms with E-state index < -0.39 is 17.9 Å². The summed E-state index contributed by atoms with van der Waals surface area (Å²) in [6, 6.07) is 3.99. The summed E-state index contributed by atoms with van der Waals surface area (Å²) in [4.78, 5) is 28.6. The van der Waals surface area contributed by atoms with Crippen LogP contribution >= 0.6 is 15.9 Å². The minimum Gasteiger partial charge on any atom is -0.480 e. The summed E-state index contributed by atoms with van der Waals surface area (Å²) < 4.78 is 5.61. The fourth-order valence-corrected chi connectivity index (χ4v) is 2.07. The van der Waals surface area contributed by atoms with Gasteiger partial charge in [-0.05, 0) is 28.1 Å². The number of ether oxygens (including phenoxy) is 1. The molecule has 0 radical (unpaired) electrons. The maximum atomic E-state index is 12.2. The number of morpholine rings is 1. The average molecular weight is 315 g/mol. The lowest BCUT2D eigenvalue weighted by Crippen LogP contribution is -2.52. The van der Waals surface area contributed by atoms with Crippen molar-refractivity contribution < 1.29 is 19.4 Å². The van der Waals surface area contributed by atoms with Crippen LogP contribution in [-0.2, 0) is 9.53 Å². The fourth-order valence-electron chi connectivity index (χ4n) is 1.73. The lowest BCUT2D eigenvalue weighted by Gasteiger charge is -2.32. The van der Waals surface area contributed by atoms with E-state index in [-0.39, 0.29) is 18.8 Å². The SMILES string of the molecule is O=C(O)C1COCCN1C(=O)c1cccc(Br)n1. The predicted molar refractivity (Wildman–Crippen MR) is 65.2 cm³/mol. The lowest BCUT2D eigenvalue weighted by atomic mass is 10.2. The second kappa shape index (κ2) is 5.45. The van der Waals surface area contributed by atoms with E-state index in [1.165, 1.54) is 4.90 Å². The summed E-state index contributed by atoms with van der Waals surface area (Å²) in [5, 5.41) is 9.06. The Bertz CT molecular complexity index is 480. The number of rotatable bonds is 2. The molecule has 6 nitrogen and oxygen atoms in total. The van der Waals surface area contributed by atoms with Crippen LogP contribution in [0.15, 0.2) is 22.8 Å². The molecule has 1 amide bonds. The van der Waals surface area contributed by atoms with E-state index in [0.29, 0.717) is 11.2 Å². The first-order valence-corrected chi connectivity index (χ1v) is 6.13. The van der Waals surface area contributed by atoms with E-state index in [9.17, 15) is 9.59 Å². The van der Waals surface area contributed by atoms with Gasteiger partial charge in [0.1, 0.15) is 10.3 Å². The van der Waals surface area contributed by atoms with Crippen LogP contribution in [0.2, 0.25) is 0 Å². The van der Waals surface area contributed by atoms with Crippen LogP contribution in [0, 0.1) is 0 Å². The smallest absolute Gasteiger partial charge is 0.328 e. The van der Waals surface area contributed by atoms with Crippen molar-refractivity contribution in [3.63, 3.8) is 0 Å². The monoisotopic (exact) mass is 314 g/mol. The Morgan fingerprint density at radius 3 is 2.94 bits per heavy atom. The van der Waals surface area contributed by atoms with Gasteiger partial charge in [0.05, 0.1) is 13.2 Å². The molecule has 1 atom stereocenters. The van der Waals surface area contributed by atoms with Crippen molar-refractivity contribution >= 4 is 27.8 Å². The standard InChI is InChI=1S/C11H11BrN2O4/c12-9-3-1-2-7(13-9)10(15)14-4-5-18-6-8(14)11(16)17/h1-3,8H,4-6H2,(H,16,17). The van der Waals surface area contributed by atoms with Crippen molar-refractivity contribution in [1.82, 2.24) is 9.88 Å². The van der Waals surface area contributed by atoms with Gasteiger partial charge in [-0.25, -0.2) is 9.78 Å². The molecule has 1 saturated heterocycles. The topological polar surface area (TPSA) is 79.7 Å². The highest BCUT2D eigenvalue weighted by atomic mass is 79.9. The Labute approximate surface area is 112 Å². The van der Waals surface area contributed by atoms with E-state index in [0.717, 1.165) is 0 Å². The first-order chi connectivity index (χ1) is 8.59. The molecule has 1 unspecified atom stereocenters. The van der Waals surface area contributed by atoms with Gasteiger partial charge in [0.15, 0.2) is 6.04 Å². The predicted octanol–water partition coefficient (Wildman–Crippen LogP) is 0.770. The number of carboxylic acid groups (broad SMARTS) is 1. The molecule has 0 saturated carbocycles. The van der Waals surface area contributed by atoms with Crippen LogP contribution < -0.4 is 0 Å². The second-order valence-electron chi connectivity index (χ2n) is 3.77.